The molecule has 0 radical (unpaired) electrons. The van der Waals surface area contributed by atoms with Crippen LogP contribution in [0.25, 0.3) is 6.08 Å². The first-order chi connectivity index (χ1) is 15.2. The van der Waals surface area contributed by atoms with Crippen molar-refractivity contribution < 1.29 is 34.8 Å². The van der Waals surface area contributed by atoms with E-state index in [-0.39, 0.29) is 30.3 Å². The molecule has 1 heterocycles. The van der Waals surface area contributed by atoms with Gasteiger partial charge in [-0.2, -0.15) is 0 Å². The monoisotopic (exact) mass is 448 g/mol. The van der Waals surface area contributed by atoms with E-state index in [9.17, 15) is 24.9 Å². The number of cyclic esters (lactones) is 1. The second-order valence-corrected chi connectivity index (χ2v) is 7.74. The molecule has 0 saturated heterocycles. The Hall–Kier alpha value is -2.72. The maximum absolute atomic E-state index is 12.8. The number of anilines is 1. The number of carbonyl (C=O) groups is 2. The van der Waals surface area contributed by atoms with Crippen molar-refractivity contribution in [3.63, 3.8) is 0 Å². The third-order valence-corrected chi connectivity index (χ3v) is 5.20. The molecule has 4 atom stereocenters. The molecule has 1 aromatic carbocycles. The first kappa shape index (κ1) is 25.5. The highest BCUT2D eigenvalue weighted by Gasteiger charge is 2.25. The normalized spacial score (nSPS) is 26.5. The maximum Gasteiger partial charge on any atom is 0.342 e. The van der Waals surface area contributed by atoms with Crippen molar-refractivity contribution in [2.75, 3.05) is 31.6 Å². The summed E-state index contributed by atoms with van der Waals surface area (Å²) < 4.78 is 5.50. The zero-order chi connectivity index (χ0) is 23.7. The summed E-state index contributed by atoms with van der Waals surface area (Å²) in [5, 5.41) is 45.7. The van der Waals surface area contributed by atoms with Gasteiger partial charge in [0.25, 0.3) is 0 Å². The molecule has 0 aromatic heterocycles. The number of ether oxygens (including phenoxy) is 1. The first-order valence-electron chi connectivity index (χ1n) is 10.6. The number of hydrogen-bond donors (Lipinski definition) is 6. The summed E-state index contributed by atoms with van der Waals surface area (Å²) in [7, 11) is 0. The number of ketones is 1. The molecule has 0 amide bonds. The van der Waals surface area contributed by atoms with Gasteiger partial charge in [0.05, 0.1) is 12.7 Å². The minimum atomic E-state index is -1.57. The highest BCUT2D eigenvalue weighted by molar-refractivity contribution is 5.97. The number of rotatable bonds is 6. The summed E-state index contributed by atoms with van der Waals surface area (Å²) in [4.78, 5) is 24.9. The number of hydrogen-bond acceptors (Lipinski definition) is 9. The third kappa shape index (κ3) is 7.16. The Morgan fingerprint density at radius 1 is 1.09 bits per heavy atom. The zero-order valence-electron chi connectivity index (χ0n) is 18.3. The van der Waals surface area contributed by atoms with Gasteiger partial charge in [0.2, 0.25) is 0 Å². The van der Waals surface area contributed by atoms with Gasteiger partial charge in [-0.05, 0) is 31.1 Å². The molecular formula is C23H32N2O7. The van der Waals surface area contributed by atoms with Crippen LogP contribution in [0.2, 0.25) is 0 Å². The van der Waals surface area contributed by atoms with Crippen LogP contribution in [-0.4, -0.2) is 76.7 Å². The standard InChI is InChI=1S/C23H32N2O7/c1-14-6-7-19(28)22(30)18(27)5-3-4-16-12-17(25-9-8-24-10-11-26)13-20(29)21(16)23(31)32-15(14)2/h3-4,6-7,12-15,18,22,24-27,29-30H,5,8-11H2,1-2H3/b4-3+,7-6-/t14-,15+,18+,22+/m1/s1. The van der Waals surface area contributed by atoms with E-state index in [2.05, 4.69) is 10.6 Å². The topological polar surface area (TPSA) is 148 Å². The lowest BCUT2D eigenvalue weighted by molar-refractivity contribution is -0.127. The summed E-state index contributed by atoms with van der Waals surface area (Å²) in [6, 6.07) is 3.08. The van der Waals surface area contributed by atoms with Crippen LogP contribution in [0.5, 0.6) is 5.75 Å². The van der Waals surface area contributed by atoms with Crippen LogP contribution < -0.4 is 10.6 Å². The minimum absolute atomic E-state index is 0.0172. The van der Waals surface area contributed by atoms with Crippen molar-refractivity contribution >= 4 is 23.5 Å². The van der Waals surface area contributed by atoms with Gasteiger partial charge in [-0.15, -0.1) is 0 Å². The molecule has 9 nitrogen and oxygen atoms in total. The van der Waals surface area contributed by atoms with Crippen LogP contribution in [0.3, 0.4) is 0 Å². The van der Waals surface area contributed by atoms with Gasteiger partial charge in [0.15, 0.2) is 5.78 Å². The van der Waals surface area contributed by atoms with Crippen molar-refractivity contribution in [3.8, 4) is 5.75 Å². The summed E-state index contributed by atoms with van der Waals surface area (Å²) in [5.74, 6) is -1.95. The van der Waals surface area contributed by atoms with Crippen LogP contribution in [-0.2, 0) is 9.53 Å². The number of carbonyl (C=O) groups excluding carboxylic acids is 2. The maximum atomic E-state index is 12.8. The fraction of sp³-hybridized carbons (Fsp3) is 0.478. The van der Waals surface area contributed by atoms with E-state index >= 15 is 0 Å². The fourth-order valence-corrected chi connectivity index (χ4v) is 3.09. The number of esters is 1. The predicted molar refractivity (Wildman–Crippen MR) is 120 cm³/mol. The van der Waals surface area contributed by atoms with Crippen LogP contribution in [0.1, 0.15) is 36.2 Å². The lowest BCUT2D eigenvalue weighted by atomic mass is 9.99. The molecular weight excluding hydrogens is 416 g/mol. The van der Waals surface area contributed by atoms with Gasteiger partial charge in [0.1, 0.15) is 23.5 Å². The van der Waals surface area contributed by atoms with Crippen molar-refractivity contribution in [2.45, 2.75) is 38.6 Å². The Bertz CT molecular complexity index is 853. The lowest BCUT2D eigenvalue weighted by Crippen LogP contribution is -2.32. The summed E-state index contributed by atoms with van der Waals surface area (Å²) >= 11 is 0. The Morgan fingerprint density at radius 3 is 2.56 bits per heavy atom. The number of aliphatic hydroxyl groups excluding tert-OH is 3. The highest BCUT2D eigenvalue weighted by Crippen LogP contribution is 2.29. The molecule has 0 aliphatic carbocycles. The number of aromatic hydroxyl groups is 1. The molecule has 1 aliphatic rings. The van der Waals surface area contributed by atoms with E-state index in [4.69, 9.17) is 9.84 Å². The van der Waals surface area contributed by atoms with E-state index in [0.29, 0.717) is 30.9 Å². The second kappa shape index (κ2) is 12.4. The van der Waals surface area contributed by atoms with E-state index in [0.717, 1.165) is 0 Å². The quantitative estimate of drug-likeness (QED) is 0.275. The van der Waals surface area contributed by atoms with Gasteiger partial charge in [0, 0.05) is 37.3 Å². The van der Waals surface area contributed by atoms with Crippen LogP contribution >= 0.6 is 0 Å². The molecule has 6 N–H and O–H groups in total. The smallest absolute Gasteiger partial charge is 0.342 e. The van der Waals surface area contributed by atoms with E-state index in [1.165, 1.54) is 30.4 Å². The molecule has 0 unspecified atom stereocenters. The number of nitrogens with one attached hydrogen (secondary N) is 2. The first-order valence-corrected chi connectivity index (χ1v) is 10.6. The molecule has 9 heteroatoms. The zero-order valence-corrected chi connectivity index (χ0v) is 18.3. The van der Waals surface area contributed by atoms with Crippen molar-refractivity contribution in [3.05, 3.63) is 41.5 Å². The minimum Gasteiger partial charge on any atom is -0.507 e. The molecule has 176 valence electrons. The number of aliphatic hydroxyl groups is 3. The molecule has 0 bridgehead atoms. The Labute approximate surface area is 187 Å². The van der Waals surface area contributed by atoms with Gasteiger partial charge in [-0.1, -0.05) is 25.2 Å². The van der Waals surface area contributed by atoms with E-state index in [1.54, 1.807) is 19.9 Å². The average molecular weight is 449 g/mol. The predicted octanol–water partition coefficient (Wildman–Crippen LogP) is 0.831. The van der Waals surface area contributed by atoms with Gasteiger partial charge >= 0.3 is 5.97 Å². The molecule has 32 heavy (non-hydrogen) atoms. The van der Waals surface area contributed by atoms with Crippen LogP contribution in [0.15, 0.2) is 30.4 Å². The number of phenolic OH excluding ortho intramolecular Hbond substituents is 1. The SMILES string of the molecule is C[C@@H]1/C=C\C(=O)[C@@H](O)[C@@H](O)C/C=C/c2cc(NCCNCCO)cc(O)c2C(=O)O[C@H]1C. The lowest BCUT2D eigenvalue weighted by Gasteiger charge is -2.20. The molecule has 0 fully saturated rings. The summed E-state index contributed by atoms with van der Waals surface area (Å²) in [5.41, 5.74) is 0.906. The van der Waals surface area contributed by atoms with Gasteiger partial charge < -0.3 is 35.8 Å². The van der Waals surface area contributed by atoms with Gasteiger partial charge in [-0.25, -0.2) is 4.79 Å². The number of benzene rings is 1. The number of phenols is 1. The molecule has 1 aromatic rings. The van der Waals surface area contributed by atoms with Crippen LogP contribution in [0.4, 0.5) is 5.69 Å². The van der Waals surface area contributed by atoms with Gasteiger partial charge in [-0.3, -0.25) is 4.79 Å². The third-order valence-electron chi connectivity index (χ3n) is 5.20. The van der Waals surface area contributed by atoms with Crippen LogP contribution in [0, 0.1) is 5.92 Å². The highest BCUT2D eigenvalue weighted by atomic mass is 16.5. The Morgan fingerprint density at radius 2 is 1.84 bits per heavy atom. The number of fused-ring (bicyclic) bond motifs is 1. The molecule has 0 saturated carbocycles. The summed E-state index contributed by atoms with van der Waals surface area (Å²) in [6.07, 6.45) is 2.20. The Kier molecular flexibility index (Phi) is 9.86. The summed E-state index contributed by atoms with van der Waals surface area (Å²) in [6.45, 7) is 5.00. The van der Waals surface area contributed by atoms with Crippen molar-refractivity contribution in [2.24, 2.45) is 5.92 Å². The molecule has 2 rings (SSSR count). The fourth-order valence-electron chi connectivity index (χ4n) is 3.09. The second-order valence-electron chi connectivity index (χ2n) is 7.74. The largest absolute Gasteiger partial charge is 0.507 e. The van der Waals surface area contributed by atoms with Crippen molar-refractivity contribution in [1.82, 2.24) is 5.32 Å². The Balaban J connectivity index is 2.35. The average Bonchev–Trinajstić information content (AvgIpc) is 2.75. The van der Waals surface area contributed by atoms with E-state index in [1.807, 2.05) is 0 Å². The van der Waals surface area contributed by atoms with E-state index < -0.39 is 30.1 Å². The molecule has 0 spiro atoms. The molecule has 1 aliphatic heterocycles. The van der Waals surface area contributed by atoms with Crippen molar-refractivity contribution in [1.29, 1.82) is 0 Å².